The number of amides is 2. The maximum absolute atomic E-state index is 11.6. The second kappa shape index (κ2) is 5.56. The van der Waals surface area contributed by atoms with Gasteiger partial charge in [0.05, 0.1) is 0 Å². The Labute approximate surface area is 125 Å². The van der Waals surface area contributed by atoms with Crippen LogP contribution in [0.5, 0.6) is 5.75 Å². The van der Waals surface area contributed by atoms with Gasteiger partial charge in [0.2, 0.25) is 0 Å². The number of nitrogens with one attached hydrogen (secondary N) is 1. The third-order valence-electron chi connectivity index (χ3n) is 3.99. The molecule has 0 aromatic heterocycles. The van der Waals surface area contributed by atoms with E-state index in [1.165, 1.54) is 5.56 Å². The van der Waals surface area contributed by atoms with Gasteiger partial charge in [0.1, 0.15) is 11.4 Å². The van der Waals surface area contributed by atoms with Gasteiger partial charge < -0.3 is 15.0 Å². The van der Waals surface area contributed by atoms with Crippen LogP contribution in [0.15, 0.2) is 24.3 Å². The van der Waals surface area contributed by atoms with Crippen molar-refractivity contribution in [3.63, 3.8) is 0 Å². The highest BCUT2D eigenvalue weighted by Crippen LogP contribution is 2.28. The van der Waals surface area contributed by atoms with Crippen LogP contribution in [-0.2, 0) is 6.54 Å². The lowest BCUT2D eigenvalue weighted by molar-refractivity contribution is 0.0688. The molecule has 114 valence electrons. The fourth-order valence-corrected chi connectivity index (χ4v) is 3.04. The Morgan fingerprint density at radius 3 is 2.86 bits per heavy atom. The molecule has 0 aliphatic carbocycles. The van der Waals surface area contributed by atoms with Gasteiger partial charge in [-0.25, -0.2) is 4.79 Å². The second-order valence-electron chi connectivity index (χ2n) is 6.40. The Balaban J connectivity index is 1.69. The maximum Gasteiger partial charge on any atom is 0.317 e. The average Bonchev–Trinajstić information content (AvgIpc) is 2.76. The number of carbonyl (C=O) groups excluding carboxylic acids is 1. The van der Waals surface area contributed by atoms with Crippen LogP contribution in [0.3, 0.4) is 0 Å². The fourth-order valence-electron chi connectivity index (χ4n) is 3.04. The highest BCUT2D eigenvalue weighted by Gasteiger charge is 2.29. The van der Waals surface area contributed by atoms with E-state index in [0.29, 0.717) is 0 Å². The Bertz CT molecular complexity index is 530. The normalized spacial score (nSPS) is 21.4. The number of hydrogen-bond acceptors (Lipinski definition) is 3. The minimum absolute atomic E-state index is 0.0562. The van der Waals surface area contributed by atoms with Gasteiger partial charge in [-0.3, -0.25) is 4.90 Å². The third-order valence-corrected chi connectivity index (χ3v) is 3.99. The molecule has 21 heavy (non-hydrogen) atoms. The Morgan fingerprint density at radius 2 is 2.10 bits per heavy atom. The Hall–Kier alpha value is -1.75. The monoisotopic (exact) mass is 289 g/mol. The zero-order chi connectivity index (χ0) is 14.9. The van der Waals surface area contributed by atoms with E-state index in [1.807, 2.05) is 23.1 Å². The van der Waals surface area contributed by atoms with Gasteiger partial charge in [-0.05, 0) is 19.9 Å². The van der Waals surface area contributed by atoms with Crippen molar-refractivity contribution < 1.29 is 9.53 Å². The number of nitrogens with zero attached hydrogens (tertiary/aromatic N) is 2. The summed E-state index contributed by atoms with van der Waals surface area (Å²) in [5.41, 5.74) is 0.994. The number of benzene rings is 1. The van der Waals surface area contributed by atoms with E-state index in [-0.39, 0.29) is 11.6 Å². The lowest BCUT2D eigenvalue weighted by Gasteiger charge is -2.30. The summed E-state index contributed by atoms with van der Waals surface area (Å²) >= 11 is 0. The minimum Gasteiger partial charge on any atom is -0.486 e. The fraction of sp³-hybridized carbons (Fsp3) is 0.562. The van der Waals surface area contributed by atoms with Crippen molar-refractivity contribution in [3.8, 4) is 5.75 Å². The van der Waals surface area contributed by atoms with Gasteiger partial charge >= 0.3 is 6.03 Å². The summed E-state index contributed by atoms with van der Waals surface area (Å²) in [6, 6.07) is 8.27. The second-order valence-corrected chi connectivity index (χ2v) is 6.40. The first kappa shape index (κ1) is 14.2. The highest BCUT2D eigenvalue weighted by atomic mass is 16.5. The van der Waals surface area contributed by atoms with Crippen LogP contribution >= 0.6 is 0 Å². The van der Waals surface area contributed by atoms with Crippen LogP contribution in [0.4, 0.5) is 4.79 Å². The smallest absolute Gasteiger partial charge is 0.317 e. The van der Waals surface area contributed by atoms with E-state index in [0.717, 1.165) is 45.0 Å². The van der Waals surface area contributed by atoms with Crippen LogP contribution in [0, 0.1) is 0 Å². The summed E-state index contributed by atoms with van der Waals surface area (Å²) in [6.07, 6.45) is 0. The molecule has 5 heteroatoms. The zero-order valence-corrected chi connectivity index (χ0v) is 12.8. The van der Waals surface area contributed by atoms with Crippen LogP contribution < -0.4 is 10.1 Å². The van der Waals surface area contributed by atoms with Gasteiger partial charge in [-0.1, -0.05) is 18.2 Å². The topological polar surface area (TPSA) is 44.8 Å². The molecule has 5 nitrogen and oxygen atoms in total. The zero-order valence-electron chi connectivity index (χ0n) is 12.8. The largest absolute Gasteiger partial charge is 0.486 e. The van der Waals surface area contributed by atoms with Gasteiger partial charge in [-0.2, -0.15) is 0 Å². The summed E-state index contributed by atoms with van der Waals surface area (Å²) in [7, 11) is 0. The van der Waals surface area contributed by atoms with Crippen LogP contribution in [0.2, 0.25) is 0 Å². The molecule has 0 atom stereocenters. The number of fused-ring (bicyclic) bond motifs is 1. The van der Waals surface area contributed by atoms with Gasteiger partial charge in [0.15, 0.2) is 0 Å². The van der Waals surface area contributed by atoms with Crippen LogP contribution in [0.1, 0.15) is 19.4 Å². The summed E-state index contributed by atoms with van der Waals surface area (Å²) in [6.45, 7) is 9.17. The van der Waals surface area contributed by atoms with Crippen molar-refractivity contribution in [1.29, 1.82) is 0 Å². The molecule has 0 unspecified atom stereocenters. The molecular weight excluding hydrogens is 266 g/mol. The van der Waals surface area contributed by atoms with E-state index in [1.54, 1.807) is 0 Å². The number of para-hydroxylation sites is 1. The van der Waals surface area contributed by atoms with Gasteiger partial charge in [0.25, 0.3) is 0 Å². The molecule has 2 aliphatic rings. The molecule has 1 saturated heterocycles. The van der Waals surface area contributed by atoms with Crippen LogP contribution in [0.25, 0.3) is 0 Å². The molecule has 2 aliphatic heterocycles. The van der Waals surface area contributed by atoms with Crippen molar-refractivity contribution in [1.82, 2.24) is 15.1 Å². The van der Waals surface area contributed by atoms with Crippen LogP contribution in [-0.4, -0.2) is 54.2 Å². The van der Waals surface area contributed by atoms with Gasteiger partial charge in [-0.15, -0.1) is 0 Å². The number of rotatable bonds is 3. The number of hydrogen-bond donors (Lipinski definition) is 1. The number of urea groups is 1. The molecule has 0 saturated carbocycles. The van der Waals surface area contributed by atoms with Crippen molar-refractivity contribution in [2.45, 2.75) is 26.0 Å². The predicted molar refractivity (Wildman–Crippen MR) is 81.4 cm³/mol. The molecule has 0 spiro atoms. The van der Waals surface area contributed by atoms with E-state index < -0.39 is 0 Å². The SMILES string of the molecule is CC1(C)CN(CCN2CCNC2=O)Cc2ccccc2O1. The molecule has 1 fully saturated rings. The van der Waals surface area contributed by atoms with Gasteiger partial charge in [0, 0.05) is 44.8 Å². The van der Waals surface area contributed by atoms with Crippen molar-refractivity contribution in [3.05, 3.63) is 29.8 Å². The average molecular weight is 289 g/mol. The minimum atomic E-state index is -0.222. The standard InChI is InChI=1S/C16H23N3O2/c1-16(2)12-18(9-10-19-8-7-17-15(19)20)11-13-5-3-4-6-14(13)21-16/h3-6H,7-12H2,1-2H3,(H,17,20). The van der Waals surface area contributed by atoms with E-state index in [4.69, 9.17) is 4.74 Å². The lowest BCUT2D eigenvalue weighted by Crippen LogP contribution is -2.43. The van der Waals surface area contributed by atoms with Crippen molar-refractivity contribution >= 4 is 6.03 Å². The molecule has 3 rings (SSSR count). The molecular formula is C16H23N3O2. The molecule has 1 N–H and O–H groups in total. The Kier molecular flexibility index (Phi) is 3.76. The molecule has 0 radical (unpaired) electrons. The van der Waals surface area contributed by atoms with E-state index >= 15 is 0 Å². The first-order valence-electron chi connectivity index (χ1n) is 7.56. The summed E-state index contributed by atoms with van der Waals surface area (Å²) in [5, 5.41) is 2.85. The Morgan fingerprint density at radius 1 is 1.29 bits per heavy atom. The summed E-state index contributed by atoms with van der Waals surface area (Å²) < 4.78 is 6.13. The summed E-state index contributed by atoms with van der Waals surface area (Å²) in [5.74, 6) is 0.976. The highest BCUT2D eigenvalue weighted by molar-refractivity contribution is 5.76. The first-order valence-corrected chi connectivity index (χ1v) is 7.56. The first-order chi connectivity index (χ1) is 10.0. The van der Waals surface area contributed by atoms with E-state index in [2.05, 4.69) is 30.1 Å². The molecule has 2 heterocycles. The third kappa shape index (κ3) is 3.29. The number of ether oxygens (including phenoxy) is 1. The molecule has 0 bridgehead atoms. The lowest BCUT2D eigenvalue weighted by atomic mass is 10.1. The van der Waals surface area contributed by atoms with Crippen molar-refractivity contribution in [2.24, 2.45) is 0 Å². The summed E-state index contributed by atoms with van der Waals surface area (Å²) in [4.78, 5) is 15.9. The quantitative estimate of drug-likeness (QED) is 0.921. The van der Waals surface area contributed by atoms with E-state index in [9.17, 15) is 4.79 Å². The molecule has 2 amide bonds. The molecule has 1 aromatic carbocycles. The van der Waals surface area contributed by atoms with Crippen molar-refractivity contribution in [2.75, 3.05) is 32.7 Å². The predicted octanol–water partition coefficient (Wildman–Crippen LogP) is 1.68. The number of carbonyl (C=O) groups is 1. The maximum atomic E-state index is 11.6. The molecule has 1 aromatic rings.